The molecule has 1 nitrogen and oxygen atoms in total. The Morgan fingerprint density at radius 2 is 1.56 bits per heavy atom. The van der Waals surface area contributed by atoms with E-state index in [0.29, 0.717) is 17.6 Å². The fourth-order valence-electron chi connectivity index (χ4n) is 4.94. The Hall–Kier alpha value is -0.330. The van der Waals surface area contributed by atoms with Crippen molar-refractivity contribution >= 4 is 5.78 Å². The maximum atomic E-state index is 11.8. The van der Waals surface area contributed by atoms with E-state index in [-0.39, 0.29) is 0 Å². The lowest BCUT2D eigenvalue weighted by molar-refractivity contribution is -0.130. The van der Waals surface area contributed by atoms with Crippen molar-refractivity contribution in [1.82, 2.24) is 0 Å². The van der Waals surface area contributed by atoms with Crippen LogP contribution in [-0.4, -0.2) is 5.78 Å². The number of hydrogen-bond donors (Lipinski definition) is 0. The first-order valence-electron chi connectivity index (χ1n) is 7.19. The summed E-state index contributed by atoms with van der Waals surface area (Å²) in [5.41, 5.74) is 0. The number of carbonyl (C=O) groups excluding carboxylic acids is 1. The Morgan fingerprint density at radius 1 is 0.875 bits per heavy atom. The summed E-state index contributed by atoms with van der Waals surface area (Å²) in [6, 6.07) is 0. The maximum Gasteiger partial charge on any atom is 0.138 e. The van der Waals surface area contributed by atoms with Crippen LogP contribution in [0.3, 0.4) is 0 Å². The Bertz CT molecular complexity index is 282. The molecule has 0 aromatic rings. The molecule has 1 unspecified atom stereocenters. The normalized spacial score (nSPS) is 52.2. The van der Waals surface area contributed by atoms with Crippen molar-refractivity contribution in [3.63, 3.8) is 0 Å². The molecule has 3 aliphatic carbocycles. The van der Waals surface area contributed by atoms with Gasteiger partial charge in [-0.2, -0.15) is 0 Å². The zero-order chi connectivity index (χ0) is 11.3. The molecule has 3 rings (SSSR count). The van der Waals surface area contributed by atoms with Crippen LogP contribution >= 0.6 is 0 Å². The Morgan fingerprint density at radius 3 is 2.06 bits per heavy atom. The summed E-state index contributed by atoms with van der Waals surface area (Å²) in [6.07, 6.45) is 8.37. The van der Waals surface area contributed by atoms with E-state index < -0.39 is 0 Å². The van der Waals surface area contributed by atoms with E-state index in [9.17, 15) is 4.79 Å². The van der Waals surface area contributed by atoms with Crippen molar-refractivity contribution in [3.8, 4) is 0 Å². The summed E-state index contributed by atoms with van der Waals surface area (Å²) in [5, 5.41) is 0. The van der Waals surface area contributed by atoms with Crippen molar-refractivity contribution in [2.45, 2.75) is 52.4 Å². The van der Waals surface area contributed by atoms with Gasteiger partial charge in [-0.3, -0.25) is 4.79 Å². The maximum absolute atomic E-state index is 11.8. The van der Waals surface area contributed by atoms with Crippen LogP contribution in [0, 0.1) is 35.5 Å². The minimum atomic E-state index is 0.341. The van der Waals surface area contributed by atoms with Gasteiger partial charge in [0.2, 0.25) is 0 Å². The minimum Gasteiger partial charge on any atom is -0.299 e. The highest BCUT2D eigenvalue weighted by Gasteiger charge is 2.45. The molecule has 2 bridgehead atoms. The number of carbonyl (C=O) groups is 1. The third-order valence-electron chi connectivity index (χ3n) is 5.68. The number of fused-ring (bicyclic) bond motifs is 2. The van der Waals surface area contributed by atoms with Gasteiger partial charge in [0.25, 0.3) is 0 Å². The summed E-state index contributed by atoms with van der Waals surface area (Å²) < 4.78 is 0. The molecule has 3 aliphatic rings. The van der Waals surface area contributed by atoms with Crippen LogP contribution in [0.25, 0.3) is 0 Å². The summed E-state index contributed by atoms with van der Waals surface area (Å²) >= 11 is 0. The predicted molar refractivity (Wildman–Crippen MR) is 65.0 cm³/mol. The quantitative estimate of drug-likeness (QED) is 0.659. The van der Waals surface area contributed by atoms with E-state index >= 15 is 0 Å². The van der Waals surface area contributed by atoms with Crippen LogP contribution in [0.2, 0.25) is 0 Å². The van der Waals surface area contributed by atoms with Gasteiger partial charge < -0.3 is 0 Å². The van der Waals surface area contributed by atoms with Crippen molar-refractivity contribution in [3.05, 3.63) is 0 Å². The average Bonchev–Trinajstić information content (AvgIpc) is 2.86. The number of rotatable bonds is 1. The number of hydrogen-bond acceptors (Lipinski definition) is 1. The zero-order valence-electron chi connectivity index (χ0n) is 10.6. The predicted octanol–water partition coefficient (Wildman–Crippen LogP) is 3.67. The molecule has 16 heavy (non-hydrogen) atoms. The SMILES string of the molecule is C[C@@H]1CC([C@@H]2C[C@H]3CC[C@H]2C3)C[C@H](C)C1=O. The molecule has 3 fully saturated rings. The van der Waals surface area contributed by atoms with Gasteiger partial charge in [-0.25, -0.2) is 0 Å². The monoisotopic (exact) mass is 220 g/mol. The molecular weight excluding hydrogens is 196 g/mol. The zero-order valence-corrected chi connectivity index (χ0v) is 10.6. The fraction of sp³-hybridized carbons (Fsp3) is 0.933. The molecule has 0 amide bonds. The first kappa shape index (κ1) is 10.8. The molecule has 0 N–H and O–H groups in total. The van der Waals surface area contributed by atoms with Gasteiger partial charge in [0.05, 0.1) is 0 Å². The van der Waals surface area contributed by atoms with Crippen LogP contribution < -0.4 is 0 Å². The van der Waals surface area contributed by atoms with Gasteiger partial charge in [-0.15, -0.1) is 0 Å². The molecule has 0 saturated heterocycles. The van der Waals surface area contributed by atoms with Gasteiger partial charge in [0, 0.05) is 11.8 Å². The van der Waals surface area contributed by atoms with Gasteiger partial charge in [-0.1, -0.05) is 20.3 Å². The highest BCUT2D eigenvalue weighted by atomic mass is 16.1. The lowest BCUT2D eigenvalue weighted by Crippen LogP contribution is -2.34. The highest BCUT2D eigenvalue weighted by molar-refractivity contribution is 5.83. The van der Waals surface area contributed by atoms with Crippen LogP contribution in [-0.2, 0) is 4.79 Å². The van der Waals surface area contributed by atoms with Gasteiger partial charge in [-0.05, 0) is 55.8 Å². The molecule has 1 heteroatoms. The van der Waals surface area contributed by atoms with Gasteiger partial charge in [0.1, 0.15) is 5.78 Å². The van der Waals surface area contributed by atoms with Crippen LogP contribution in [0.1, 0.15) is 52.4 Å². The van der Waals surface area contributed by atoms with E-state index in [1.54, 1.807) is 0 Å². The van der Waals surface area contributed by atoms with E-state index in [4.69, 9.17) is 0 Å². The summed E-state index contributed by atoms with van der Waals surface area (Å²) in [7, 11) is 0. The Balaban J connectivity index is 1.69. The number of Topliss-reactive ketones (excluding diaryl/α,β-unsaturated/α-hetero) is 1. The smallest absolute Gasteiger partial charge is 0.138 e. The standard InChI is InChI=1S/C15H24O/c1-9-5-13(6-10(2)15(9)16)14-8-11-3-4-12(14)7-11/h9-14H,3-8H2,1-2H3/t9-,10+,11-,12-,13?,14+/m0/s1. The van der Waals surface area contributed by atoms with Crippen LogP contribution in [0.15, 0.2) is 0 Å². The van der Waals surface area contributed by atoms with Gasteiger partial charge >= 0.3 is 0 Å². The van der Waals surface area contributed by atoms with Crippen molar-refractivity contribution in [2.75, 3.05) is 0 Å². The molecule has 90 valence electrons. The molecule has 6 atom stereocenters. The number of ketones is 1. The first-order chi connectivity index (χ1) is 7.65. The topological polar surface area (TPSA) is 17.1 Å². The van der Waals surface area contributed by atoms with Crippen molar-refractivity contribution in [2.24, 2.45) is 35.5 Å². The van der Waals surface area contributed by atoms with E-state index in [1.165, 1.54) is 38.5 Å². The van der Waals surface area contributed by atoms with Crippen LogP contribution in [0.4, 0.5) is 0 Å². The molecule has 0 aliphatic heterocycles. The molecule has 0 aromatic carbocycles. The fourth-order valence-corrected chi connectivity index (χ4v) is 4.94. The van der Waals surface area contributed by atoms with E-state index in [1.807, 2.05) is 0 Å². The summed E-state index contributed by atoms with van der Waals surface area (Å²) in [4.78, 5) is 11.8. The second-order valence-electron chi connectivity index (χ2n) is 6.77. The highest BCUT2D eigenvalue weighted by Crippen LogP contribution is 2.54. The van der Waals surface area contributed by atoms with Crippen molar-refractivity contribution in [1.29, 1.82) is 0 Å². The molecule has 0 radical (unpaired) electrons. The van der Waals surface area contributed by atoms with Gasteiger partial charge in [0.15, 0.2) is 0 Å². The van der Waals surface area contributed by atoms with Crippen molar-refractivity contribution < 1.29 is 4.79 Å². The van der Waals surface area contributed by atoms with E-state index in [0.717, 1.165) is 23.7 Å². The summed E-state index contributed by atoms with van der Waals surface area (Å²) in [6.45, 7) is 4.30. The first-order valence-corrected chi connectivity index (χ1v) is 7.19. The molecular formula is C15H24O. The Labute approximate surface area is 99.0 Å². The third kappa shape index (κ3) is 1.63. The lowest BCUT2D eigenvalue weighted by Gasteiger charge is -2.37. The summed E-state index contributed by atoms with van der Waals surface area (Å²) in [5.74, 6) is 5.15. The molecule has 3 saturated carbocycles. The molecule has 0 aromatic heterocycles. The lowest BCUT2D eigenvalue weighted by atomic mass is 9.67. The third-order valence-corrected chi connectivity index (χ3v) is 5.68. The largest absolute Gasteiger partial charge is 0.299 e. The van der Waals surface area contributed by atoms with E-state index in [2.05, 4.69) is 13.8 Å². The second-order valence-corrected chi connectivity index (χ2v) is 6.77. The van der Waals surface area contributed by atoms with Crippen LogP contribution in [0.5, 0.6) is 0 Å². The minimum absolute atomic E-state index is 0.341. The molecule has 0 spiro atoms. The molecule has 0 heterocycles. The Kier molecular flexibility index (Phi) is 2.60. The average molecular weight is 220 g/mol. The second kappa shape index (κ2) is 3.85.